The van der Waals surface area contributed by atoms with Crippen molar-refractivity contribution in [3.05, 3.63) is 46.5 Å². The van der Waals surface area contributed by atoms with E-state index in [9.17, 15) is 8.78 Å². The van der Waals surface area contributed by atoms with Gasteiger partial charge in [-0.3, -0.25) is 0 Å². The van der Waals surface area contributed by atoms with Crippen LogP contribution >= 0.6 is 11.6 Å². The fourth-order valence-corrected chi connectivity index (χ4v) is 4.52. The number of aryl methyl sites for hydroxylation is 1. The zero-order chi connectivity index (χ0) is 22.1. The number of benzene rings is 1. The molecule has 1 aliphatic carbocycles. The second kappa shape index (κ2) is 12.6. The van der Waals surface area contributed by atoms with Crippen molar-refractivity contribution in [2.45, 2.75) is 71.0 Å². The molecule has 1 aromatic carbocycles. The van der Waals surface area contributed by atoms with Crippen molar-refractivity contribution in [1.82, 2.24) is 0 Å². The average molecular weight is 451 g/mol. The van der Waals surface area contributed by atoms with Crippen molar-refractivity contribution in [3.63, 3.8) is 0 Å². The van der Waals surface area contributed by atoms with Crippen LogP contribution in [0.4, 0.5) is 8.78 Å². The summed E-state index contributed by atoms with van der Waals surface area (Å²) >= 11 is 5.64. The number of rotatable bonds is 7. The minimum atomic E-state index is -0.591. The largest absolute Gasteiger partial charge is 0.352 e. The first-order valence-corrected chi connectivity index (χ1v) is 12.0. The van der Waals surface area contributed by atoms with Crippen LogP contribution in [0.15, 0.2) is 23.7 Å². The molecule has 1 saturated carbocycles. The number of ether oxygens (including phenoxy) is 2. The summed E-state index contributed by atoms with van der Waals surface area (Å²) in [6.45, 7) is 3.58. The zero-order valence-corrected chi connectivity index (χ0v) is 19.1. The standard InChI is InChI=1S/C26H33ClF2O2/c1-2-3-4-22-17-30-26(31-18-22)12-10-21-15-24(28)23(25(29)16-21)11-9-19-5-7-20(8-6-19)13-14-27/h13-16,19-20,22,26H,2-8,10,12,17-18H2,1H3/t19-,20-,22-,26-. The van der Waals surface area contributed by atoms with Crippen LogP contribution < -0.4 is 0 Å². The molecule has 0 spiro atoms. The van der Waals surface area contributed by atoms with Crippen LogP contribution in [0.2, 0.25) is 0 Å². The molecule has 1 aliphatic heterocycles. The van der Waals surface area contributed by atoms with Crippen molar-refractivity contribution in [1.29, 1.82) is 0 Å². The second-order valence-corrected chi connectivity index (χ2v) is 9.03. The Morgan fingerprint density at radius 3 is 2.35 bits per heavy atom. The highest BCUT2D eigenvalue weighted by atomic mass is 35.5. The van der Waals surface area contributed by atoms with Gasteiger partial charge in [-0.25, -0.2) is 8.78 Å². The smallest absolute Gasteiger partial charge is 0.157 e. The molecular formula is C26H33ClF2O2. The summed E-state index contributed by atoms with van der Waals surface area (Å²) in [6.07, 6.45) is 10.2. The topological polar surface area (TPSA) is 18.5 Å². The van der Waals surface area contributed by atoms with E-state index in [4.69, 9.17) is 21.1 Å². The molecule has 0 radical (unpaired) electrons. The van der Waals surface area contributed by atoms with Crippen molar-refractivity contribution in [3.8, 4) is 11.8 Å². The van der Waals surface area contributed by atoms with Gasteiger partial charge in [-0.1, -0.05) is 49.3 Å². The number of allylic oxidation sites excluding steroid dienone is 1. The molecule has 170 valence electrons. The van der Waals surface area contributed by atoms with Crippen LogP contribution in [-0.4, -0.2) is 19.5 Å². The van der Waals surface area contributed by atoms with Crippen molar-refractivity contribution >= 4 is 11.6 Å². The Morgan fingerprint density at radius 2 is 1.74 bits per heavy atom. The van der Waals surface area contributed by atoms with E-state index >= 15 is 0 Å². The zero-order valence-electron chi connectivity index (χ0n) is 18.3. The van der Waals surface area contributed by atoms with E-state index in [2.05, 4.69) is 18.8 Å². The molecule has 0 bridgehead atoms. The third-order valence-corrected chi connectivity index (χ3v) is 6.44. The quantitative estimate of drug-likeness (QED) is 0.417. The first-order valence-electron chi connectivity index (χ1n) is 11.6. The molecule has 2 aliphatic rings. The lowest BCUT2D eigenvalue weighted by atomic mass is 9.82. The van der Waals surface area contributed by atoms with Crippen LogP contribution in [0.25, 0.3) is 0 Å². The molecule has 0 atom stereocenters. The van der Waals surface area contributed by atoms with Crippen molar-refractivity contribution in [2.24, 2.45) is 17.8 Å². The molecule has 3 rings (SSSR count). The lowest BCUT2D eigenvalue weighted by Gasteiger charge is -2.29. The van der Waals surface area contributed by atoms with E-state index in [1.165, 1.54) is 25.0 Å². The van der Waals surface area contributed by atoms with E-state index in [0.29, 0.717) is 43.5 Å². The summed E-state index contributed by atoms with van der Waals surface area (Å²) in [5.74, 6) is 5.78. The summed E-state index contributed by atoms with van der Waals surface area (Å²) in [5, 5.41) is 0. The van der Waals surface area contributed by atoms with E-state index < -0.39 is 11.6 Å². The maximum Gasteiger partial charge on any atom is 0.157 e. The van der Waals surface area contributed by atoms with Gasteiger partial charge in [0, 0.05) is 23.8 Å². The monoisotopic (exact) mass is 450 g/mol. The lowest BCUT2D eigenvalue weighted by Crippen LogP contribution is -2.32. The van der Waals surface area contributed by atoms with Gasteiger partial charge in [0.25, 0.3) is 0 Å². The van der Waals surface area contributed by atoms with Gasteiger partial charge < -0.3 is 9.47 Å². The minimum absolute atomic E-state index is 0.129. The van der Waals surface area contributed by atoms with E-state index in [-0.39, 0.29) is 17.8 Å². The average Bonchev–Trinajstić information content (AvgIpc) is 2.77. The fourth-order valence-electron chi connectivity index (χ4n) is 4.32. The normalized spacial score (nSPS) is 26.6. The van der Waals surface area contributed by atoms with E-state index in [1.807, 2.05) is 6.08 Å². The van der Waals surface area contributed by atoms with Gasteiger partial charge in [0.2, 0.25) is 0 Å². The molecule has 2 fully saturated rings. The molecule has 0 amide bonds. The summed E-state index contributed by atoms with van der Waals surface area (Å²) < 4.78 is 40.6. The fraction of sp³-hybridized carbons (Fsp3) is 0.615. The molecule has 1 heterocycles. The van der Waals surface area contributed by atoms with Crippen LogP contribution in [0.5, 0.6) is 0 Å². The first kappa shape index (κ1) is 24.2. The molecular weight excluding hydrogens is 418 g/mol. The van der Waals surface area contributed by atoms with Gasteiger partial charge in [0.1, 0.15) is 11.6 Å². The van der Waals surface area contributed by atoms with Gasteiger partial charge in [-0.15, -0.1) is 0 Å². The Hall–Kier alpha value is -1.41. The lowest BCUT2D eigenvalue weighted by molar-refractivity contribution is -0.203. The van der Waals surface area contributed by atoms with Gasteiger partial charge in [-0.05, 0) is 62.1 Å². The molecule has 2 nitrogen and oxygen atoms in total. The maximum absolute atomic E-state index is 14.5. The van der Waals surface area contributed by atoms with E-state index in [0.717, 1.165) is 32.1 Å². The van der Waals surface area contributed by atoms with Gasteiger partial charge in [0.15, 0.2) is 6.29 Å². The first-order chi connectivity index (χ1) is 15.1. The third-order valence-electron chi connectivity index (χ3n) is 6.29. The highest BCUT2D eigenvalue weighted by molar-refractivity contribution is 6.25. The molecule has 31 heavy (non-hydrogen) atoms. The summed E-state index contributed by atoms with van der Waals surface area (Å²) in [5.41, 5.74) is 2.05. The van der Waals surface area contributed by atoms with Crippen LogP contribution in [0, 0.1) is 41.2 Å². The van der Waals surface area contributed by atoms with Gasteiger partial charge >= 0.3 is 0 Å². The van der Waals surface area contributed by atoms with Crippen molar-refractivity contribution < 1.29 is 18.3 Å². The molecule has 0 N–H and O–H groups in total. The molecule has 1 aromatic rings. The number of unbranched alkanes of at least 4 members (excludes halogenated alkanes) is 1. The summed E-state index contributed by atoms with van der Waals surface area (Å²) in [7, 11) is 0. The van der Waals surface area contributed by atoms with Crippen LogP contribution in [0.3, 0.4) is 0 Å². The highest BCUT2D eigenvalue weighted by Gasteiger charge is 2.22. The Labute approximate surface area is 190 Å². The Morgan fingerprint density at radius 1 is 1.06 bits per heavy atom. The number of hydrogen-bond acceptors (Lipinski definition) is 2. The van der Waals surface area contributed by atoms with Gasteiger partial charge in [-0.2, -0.15) is 0 Å². The van der Waals surface area contributed by atoms with Crippen LogP contribution in [-0.2, 0) is 15.9 Å². The van der Waals surface area contributed by atoms with Crippen molar-refractivity contribution in [2.75, 3.05) is 13.2 Å². The highest BCUT2D eigenvalue weighted by Crippen LogP contribution is 2.29. The minimum Gasteiger partial charge on any atom is -0.352 e. The number of hydrogen-bond donors (Lipinski definition) is 0. The molecule has 0 aromatic heterocycles. The maximum atomic E-state index is 14.5. The Kier molecular flexibility index (Phi) is 9.84. The van der Waals surface area contributed by atoms with Crippen LogP contribution in [0.1, 0.15) is 69.4 Å². The van der Waals surface area contributed by atoms with Gasteiger partial charge in [0.05, 0.1) is 18.8 Å². The Balaban J connectivity index is 1.50. The number of halogens is 3. The predicted octanol–water partition coefficient (Wildman–Crippen LogP) is 6.99. The predicted molar refractivity (Wildman–Crippen MR) is 121 cm³/mol. The second-order valence-electron chi connectivity index (χ2n) is 8.78. The SMILES string of the molecule is CCCC[C@H]1CO[C@H](CCc2cc(F)c(C#C[C@H]3CC[C@H](C=CCl)CC3)c(F)c2)OC1. The molecule has 1 saturated heterocycles. The molecule has 5 heteroatoms. The summed E-state index contributed by atoms with van der Waals surface area (Å²) in [6, 6.07) is 2.78. The summed E-state index contributed by atoms with van der Waals surface area (Å²) in [4.78, 5) is 0. The Bertz CT molecular complexity index is 759. The third kappa shape index (κ3) is 7.59. The van der Waals surface area contributed by atoms with E-state index in [1.54, 1.807) is 5.54 Å². The molecule has 0 unspecified atom stereocenters.